The monoisotopic (exact) mass is 279 g/mol. The SMILES string of the molecule is CC(CC(=O)O)C1CCCN(CC(Cl)=CCl)C1. The zero-order valence-corrected chi connectivity index (χ0v) is 11.5. The lowest BCUT2D eigenvalue weighted by atomic mass is 9.85. The van der Waals surface area contributed by atoms with Crippen molar-refractivity contribution in [2.24, 2.45) is 11.8 Å². The van der Waals surface area contributed by atoms with Crippen molar-refractivity contribution >= 4 is 29.2 Å². The third-order valence-corrected chi connectivity index (χ3v) is 3.94. The molecular weight excluding hydrogens is 261 g/mol. The van der Waals surface area contributed by atoms with E-state index in [1.807, 2.05) is 6.92 Å². The standard InChI is InChI=1S/C12H19Cl2NO2/c1-9(5-12(16)17)10-3-2-4-15(7-10)8-11(14)6-13/h6,9-10H,2-5,7-8H2,1H3,(H,16,17). The maximum atomic E-state index is 10.7. The molecule has 1 N–H and O–H groups in total. The number of aliphatic carboxylic acids is 1. The van der Waals surface area contributed by atoms with Crippen LogP contribution in [0, 0.1) is 11.8 Å². The molecule has 1 rings (SSSR count). The largest absolute Gasteiger partial charge is 0.481 e. The normalized spacial score (nSPS) is 24.6. The Balaban J connectivity index is 2.45. The van der Waals surface area contributed by atoms with E-state index >= 15 is 0 Å². The van der Waals surface area contributed by atoms with Gasteiger partial charge >= 0.3 is 5.97 Å². The van der Waals surface area contributed by atoms with Crippen molar-refractivity contribution in [3.63, 3.8) is 0 Å². The van der Waals surface area contributed by atoms with Crippen LogP contribution >= 0.6 is 23.2 Å². The van der Waals surface area contributed by atoms with E-state index in [-0.39, 0.29) is 12.3 Å². The highest BCUT2D eigenvalue weighted by Gasteiger charge is 2.26. The van der Waals surface area contributed by atoms with Gasteiger partial charge in [0.1, 0.15) is 0 Å². The van der Waals surface area contributed by atoms with Gasteiger partial charge in [-0.3, -0.25) is 9.69 Å². The Labute approximate surface area is 112 Å². The second kappa shape index (κ2) is 7.24. The number of likely N-dealkylation sites (tertiary alicyclic amines) is 1. The Hall–Kier alpha value is -0.250. The molecule has 1 saturated heterocycles. The summed E-state index contributed by atoms with van der Waals surface area (Å²) < 4.78 is 0. The molecule has 1 aliphatic rings. The summed E-state index contributed by atoms with van der Waals surface area (Å²) in [5, 5.41) is 9.44. The minimum atomic E-state index is -0.715. The Morgan fingerprint density at radius 2 is 2.35 bits per heavy atom. The van der Waals surface area contributed by atoms with Gasteiger partial charge in [-0.2, -0.15) is 0 Å². The topological polar surface area (TPSA) is 40.5 Å². The van der Waals surface area contributed by atoms with Crippen LogP contribution in [0.1, 0.15) is 26.2 Å². The van der Waals surface area contributed by atoms with Crippen LogP contribution in [-0.4, -0.2) is 35.6 Å². The summed E-state index contributed by atoms with van der Waals surface area (Å²) in [4.78, 5) is 12.9. The first-order valence-electron chi connectivity index (χ1n) is 5.91. The molecule has 1 aliphatic heterocycles. The van der Waals surface area contributed by atoms with Crippen molar-refractivity contribution in [3.8, 4) is 0 Å². The Kier molecular flexibility index (Phi) is 6.31. The minimum Gasteiger partial charge on any atom is -0.481 e. The molecule has 1 fully saturated rings. The van der Waals surface area contributed by atoms with Gasteiger partial charge in [-0.05, 0) is 31.2 Å². The highest BCUT2D eigenvalue weighted by atomic mass is 35.5. The summed E-state index contributed by atoms with van der Waals surface area (Å²) in [6.07, 6.45) is 2.45. The Morgan fingerprint density at radius 1 is 1.65 bits per heavy atom. The molecule has 5 heteroatoms. The molecule has 3 nitrogen and oxygen atoms in total. The number of carbonyl (C=O) groups is 1. The quantitative estimate of drug-likeness (QED) is 0.841. The van der Waals surface area contributed by atoms with E-state index in [2.05, 4.69) is 4.90 Å². The van der Waals surface area contributed by atoms with Gasteiger partial charge in [-0.15, -0.1) is 0 Å². The highest BCUT2D eigenvalue weighted by Crippen LogP contribution is 2.26. The molecule has 0 radical (unpaired) electrons. The number of hydrogen-bond acceptors (Lipinski definition) is 2. The van der Waals surface area contributed by atoms with E-state index in [4.69, 9.17) is 28.3 Å². The van der Waals surface area contributed by atoms with Crippen LogP contribution in [0.15, 0.2) is 10.6 Å². The van der Waals surface area contributed by atoms with Crippen molar-refractivity contribution in [2.75, 3.05) is 19.6 Å². The highest BCUT2D eigenvalue weighted by molar-refractivity contribution is 6.36. The molecule has 0 spiro atoms. The van der Waals surface area contributed by atoms with Crippen molar-refractivity contribution in [2.45, 2.75) is 26.2 Å². The van der Waals surface area contributed by atoms with Crippen LogP contribution in [-0.2, 0) is 4.79 Å². The molecule has 2 unspecified atom stereocenters. The zero-order valence-electron chi connectivity index (χ0n) is 10.0. The van der Waals surface area contributed by atoms with E-state index in [9.17, 15) is 4.79 Å². The van der Waals surface area contributed by atoms with Gasteiger partial charge in [0.2, 0.25) is 0 Å². The second-order valence-electron chi connectivity index (χ2n) is 4.77. The summed E-state index contributed by atoms with van der Waals surface area (Å²) in [6, 6.07) is 0. The van der Waals surface area contributed by atoms with Gasteiger partial charge in [-0.1, -0.05) is 30.1 Å². The molecule has 0 bridgehead atoms. The predicted octanol–water partition coefficient (Wildman–Crippen LogP) is 3.13. The summed E-state index contributed by atoms with van der Waals surface area (Å²) >= 11 is 11.4. The molecule has 0 aromatic rings. The molecule has 1 heterocycles. The maximum absolute atomic E-state index is 10.7. The van der Waals surface area contributed by atoms with E-state index in [1.165, 1.54) is 5.54 Å². The molecule has 0 amide bonds. The van der Waals surface area contributed by atoms with E-state index in [1.54, 1.807) is 0 Å². The molecule has 17 heavy (non-hydrogen) atoms. The molecule has 0 aliphatic carbocycles. The number of nitrogens with zero attached hydrogens (tertiary/aromatic N) is 1. The number of piperidine rings is 1. The first-order valence-corrected chi connectivity index (χ1v) is 6.73. The lowest BCUT2D eigenvalue weighted by molar-refractivity contribution is -0.138. The summed E-state index contributed by atoms with van der Waals surface area (Å²) in [5.41, 5.74) is 1.39. The number of carboxylic acids is 1. The van der Waals surface area contributed by atoms with Gasteiger partial charge in [0.25, 0.3) is 0 Å². The van der Waals surface area contributed by atoms with Crippen molar-refractivity contribution < 1.29 is 9.90 Å². The summed E-state index contributed by atoms with van der Waals surface area (Å²) in [5.74, 6) is -0.0537. The van der Waals surface area contributed by atoms with Crippen molar-refractivity contribution in [1.29, 1.82) is 0 Å². The van der Waals surface area contributed by atoms with Crippen LogP contribution in [0.5, 0.6) is 0 Å². The second-order valence-corrected chi connectivity index (χ2v) is 5.47. The van der Waals surface area contributed by atoms with Crippen LogP contribution < -0.4 is 0 Å². The van der Waals surface area contributed by atoms with Gasteiger partial charge in [0.15, 0.2) is 0 Å². The molecule has 0 aromatic carbocycles. The maximum Gasteiger partial charge on any atom is 0.303 e. The molecular formula is C12H19Cl2NO2. The third-order valence-electron chi connectivity index (χ3n) is 3.34. The van der Waals surface area contributed by atoms with Gasteiger partial charge in [0.05, 0.1) is 0 Å². The molecule has 98 valence electrons. The summed E-state index contributed by atoms with van der Waals surface area (Å²) in [7, 11) is 0. The fourth-order valence-corrected chi connectivity index (χ4v) is 2.63. The van der Waals surface area contributed by atoms with Crippen LogP contribution in [0.2, 0.25) is 0 Å². The van der Waals surface area contributed by atoms with Gasteiger partial charge in [0, 0.05) is 30.1 Å². The first-order chi connectivity index (χ1) is 8.02. The fourth-order valence-electron chi connectivity index (χ4n) is 2.39. The van der Waals surface area contributed by atoms with Crippen LogP contribution in [0.25, 0.3) is 0 Å². The number of rotatable bonds is 5. The van der Waals surface area contributed by atoms with Gasteiger partial charge in [-0.25, -0.2) is 0 Å². The molecule has 0 aromatic heterocycles. The van der Waals surface area contributed by atoms with Crippen LogP contribution in [0.3, 0.4) is 0 Å². The number of hydrogen-bond donors (Lipinski definition) is 1. The Morgan fingerprint density at radius 3 is 2.94 bits per heavy atom. The zero-order chi connectivity index (χ0) is 12.8. The Bertz CT molecular complexity index is 294. The van der Waals surface area contributed by atoms with Gasteiger partial charge < -0.3 is 5.11 Å². The van der Waals surface area contributed by atoms with Crippen molar-refractivity contribution in [1.82, 2.24) is 4.90 Å². The average Bonchev–Trinajstić information content (AvgIpc) is 2.28. The predicted molar refractivity (Wildman–Crippen MR) is 70.4 cm³/mol. The first kappa shape index (κ1) is 14.8. The average molecular weight is 280 g/mol. The summed E-state index contributed by atoms with van der Waals surface area (Å²) in [6.45, 7) is 4.61. The van der Waals surface area contributed by atoms with Crippen molar-refractivity contribution in [3.05, 3.63) is 10.6 Å². The van der Waals surface area contributed by atoms with E-state index < -0.39 is 5.97 Å². The number of halogens is 2. The smallest absolute Gasteiger partial charge is 0.303 e. The minimum absolute atomic E-state index is 0.217. The fraction of sp³-hybridized carbons (Fsp3) is 0.750. The number of carboxylic acid groups (broad SMARTS) is 1. The van der Waals surface area contributed by atoms with Crippen LogP contribution in [0.4, 0.5) is 0 Å². The third kappa shape index (κ3) is 5.28. The molecule has 2 atom stereocenters. The molecule has 0 saturated carbocycles. The lowest BCUT2D eigenvalue weighted by Crippen LogP contribution is -2.38. The lowest BCUT2D eigenvalue weighted by Gasteiger charge is -2.35. The van der Waals surface area contributed by atoms with E-state index in [0.717, 1.165) is 25.9 Å². The van der Waals surface area contributed by atoms with E-state index in [0.29, 0.717) is 17.5 Å².